The quantitative estimate of drug-likeness (QED) is 0.600. The van der Waals surface area contributed by atoms with Crippen molar-refractivity contribution in [2.75, 3.05) is 5.75 Å². The van der Waals surface area contributed by atoms with Crippen molar-refractivity contribution in [2.45, 2.75) is 12.2 Å². The third-order valence-electron chi connectivity index (χ3n) is 4.02. The van der Waals surface area contributed by atoms with Gasteiger partial charge < -0.3 is 0 Å². The van der Waals surface area contributed by atoms with Gasteiger partial charge >= 0.3 is 0 Å². The summed E-state index contributed by atoms with van der Waals surface area (Å²) in [6.07, 6.45) is 3.30. The Morgan fingerprint density at radius 1 is 1.19 bits per heavy atom. The van der Waals surface area contributed by atoms with Gasteiger partial charge in [-0.25, -0.2) is 32.1 Å². The molecule has 12 heteroatoms. The maximum absolute atomic E-state index is 12.2. The largest absolute Gasteiger partial charge is 0.285 e. The zero-order chi connectivity index (χ0) is 19.3. The van der Waals surface area contributed by atoms with Crippen LogP contribution >= 0.6 is 0 Å². The van der Waals surface area contributed by atoms with Gasteiger partial charge in [-0.3, -0.25) is 9.25 Å². The first-order valence-electron chi connectivity index (χ1n) is 7.47. The van der Waals surface area contributed by atoms with Crippen LogP contribution < -0.4 is 10.3 Å². The summed E-state index contributed by atoms with van der Waals surface area (Å²) in [4.78, 5) is 4.30. The van der Waals surface area contributed by atoms with Gasteiger partial charge in [0.05, 0.1) is 11.4 Å². The van der Waals surface area contributed by atoms with E-state index in [2.05, 4.69) is 10.1 Å². The molecule has 0 amide bonds. The van der Waals surface area contributed by atoms with Gasteiger partial charge in [-0.1, -0.05) is 0 Å². The minimum absolute atomic E-state index is 0.173. The molecule has 3 rings (SSSR count). The molecule has 0 bridgehead atoms. The van der Waals surface area contributed by atoms with Gasteiger partial charge in [0, 0.05) is 30.4 Å². The minimum Gasteiger partial charge on any atom is -0.285 e. The Labute approximate surface area is 150 Å². The van der Waals surface area contributed by atoms with Crippen LogP contribution in [-0.4, -0.2) is 41.9 Å². The normalized spacial score (nSPS) is 14.0. The molecule has 0 saturated heterocycles. The number of pyridine rings is 1. The van der Waals surface area contributed by atoms with E-state index < -0.39 is 31.0 Å². The van der Waals surface area contributed by atoms with E-state index in [1.54, 1.807) is 43.1 Å². The van der Waals surface area contributed by atoms with Crippen LogP contribution in [0.15, 0.2) is 30.6 Å². The van der Waals surface area contributed by atoms with E-state index in [-0.39, 0.29) is 5.56 Å². The summed E-state index contributed by atoms with van der Waals surface area (Å²) in [6, 6.07) is 5.43. The Balaban J connectivity index is 2.32. The van der Waals surface area contributed by atoms with E-state index in [0.29, 0.717) is 17.2 Å². The van der Waals surface area contributed by atoms with Crippen LogP contribution in [0.3, 0.4) is 0 Å². The maximum Gasteiger partial charge on any atom is 0.217 e. The van der Waals surface area contributed by atoms with Gasteiger partial charge in [0.25, 0.3) is 0 Å². The second kappa shape index (κ2) is 6.16. The lowest BCUT2D eigenvalue weighted by molar-refractivity contribution is 0.577. The van der Waals surface area contributed by atoms with Crippen LogP contribution in [0.25, 0.3) is 16.9 Å². The van der Waals surface area contributed by atoms with Crippen molar-refractivity contribution in [2.24, 2.45) is 17.3 Å². The molecule has 0 aliphatic carbocycles. The van der Waals surface area contributed by atoms with Gasteiger partial charge in [0.1, 0.15) is 16.7 Å². The molecule has 3 aromatic heterocycles. The predicted octanol–water partition coefficient (Wildman–Crippen LogP) is -0.314. The monoisotopic (exact) mass is 398 g/mol. The Kier molecular flexibility index (Phi) is 4.38. The number of aryl methyl sites for hydroxylation is 2. The molecule has 0 fully saturated rings. The Morgan fingerprint density at radius 3 is 2.50 bits per heavy atom. The molecule has 0 aliphatic rings. The summed E-state index contributed by atoms with van der Waals surface area (Å²) < 4.78 is 50.6. The third kappa shape index (κ3) is 3.35. The first kappa shape index (κ1) is 18.5. The Hall–Kier alpha value is -2.28. The molecule has 10 nitrogen and oxygen atoms in total. The fraction of sp³-hybridized carbons (Fsp3) is 0.286. The Bertz CT molecular complexity index is 1190. The summed E-state index contributed by atoms with van der Waals surface area (Å²) in [5.74, 6) is -0.489. The topological polar surface area (TPSA) is 156 Å². The molecule has 0 aromatic carbocycles. The fourth-order valence-electron chi connectivity index (χ4n) is 3.02. The molecule has 1 unspecified atom stereocenters. The smallest absolute Gasteiger partial charge is 0.217 e. The SMILES string of the molecule is Cc1nn(C)c(-n2ccc3cccnc32)c1C(CS(N)(=O)=O)S(N)(=O)=O. The average molecular weight is 398 g/mol. The lowest BCUT2D eigenvalue weighted by Crippen LogP contribution is -2.32. The molecule has 140 valence electrons. The van der Waals surface area contributed by atoms with E-state index in [1.165, 1.54) is 4.68 Å². The van der Waals surface area contributed by atoms with Crippen LogP contribution in [0.2, 0.25) is 0 Å². The highest BCUT2D eigenvalue weighted by atomic mass is 32.2. The molecule has 26 heavy (non-hydrogen) atoms. The molecule has 3 aromatic rings. The molecular formula is C14H18N6O4S2. The van der Waals surface area contributed by atoms with E-state index >= 15 is 0 Å². The molecule has 1 atom stereocenters. The molecule has 0 aliphatic heterocycles. The molecule has 3 heterocycles. The average Bonchev–Trinajstić information content (AvgIpc) is 3.03. The summed E-state index contributed by atoms with van der Waals surface area (Å²) >= 11 is 0. The highest BCUT2D eigenvalue weighted by molar-refractivity contribution is 7.93. The van der Waals surface area contributed by atoms with Crippen LogP contribution in [0.1, 0.15) is 16.5 Å². The molecule has 0 radical (unpaired) electrons. The number of sulfonamides is 2. The van der Waals surface area contributed by atoms with Crippen LogP contribution in [0, 0.1) is 6.92 Å². The first-order chi connectivity index (χ1) is 12.0. The lowest BCUT2D eigenvalue weighted by Gasteiger charge is -2.16. The van der Waals surface area contributed by atoms with E-state index in [1.807, 2.05) is 6.07 Å². The maximum atomic E-state index is 12.2. The number of hydrogen-bond acceptors (Lipinski definition) is 6. The second-order valence-electron chi connectivity index (χ2n) is 5.96. The van der Waals surface area contributed by atoms with E-state index in [0.717, 1.165) is 5.39 Å². The zero-order valence-corrected chi connectivity index (χ0v) is 15.7. The van der Waals surface area contributed by atoms with Gasteiger partial charge in [0.15, 0.2) is 0 Å². The number of rotatable bonds is 5. The second-order valence-corrected chi connectivity index (χ2v) is 9.36. The first-order valence-corrected chi connectivity index (χ1v) is 10.8. The molecular weight excluding hydrogens is 380 g/mol. The molecule has 4 N–H and O–H groups in total. The number of hydrogen-bond donors (Lipinski definition) is 2. The van der Waals surface area contributed by atoms with Gasteiger partial charge in [-0.05, 0) is 25.1 Å². The highest BCUT2D eigenvalue weighted by Gasteiger charge is 2.35. The van der Waals surface area contributed by atoms with Crippen molar-refractivity contribution in [3.05, 3.63) is 41.9 Å². The van der Waals surface area contributed by atoms with Gasteiger partial charge in [-0.2, -0.15) is 5.10 Å². The standard InChI is InChI=1S/C14H18N6O4S2/c1-9-12(11(26(16,23)24)8-25(15,21)22)14(19(2)18-9)20-7-5-10-4-3-6-17-13(10)20/h3-7,11H,8H2,1-2H3,(H2,15,21,22)(H2,16,23,24). The van der Waals surface area contributed by atoms with E-state index in [9.17, 15) is 16.8 Å². The summed E-state index contributed by atoms with van der Waals surface area (Å²) in [6.45, 7) is 1.58. The zero-order valence-electron chi connectivity index (χ0n) is 14.1. The van der Waals surface area contributed by atoms with Crippen molar-refractivity contribution in [3.63, 3.8) is 0 Å². The number of primary sulfonamides is 2. The van der Waals surface area contributed by atoms with Crippen molar-refractivity contribution in [1.29, 1.82) is 0 Å². The number of fused-ring (bicyclic) bond motifs is 1. The summed E-state index contributed by atoms with van der Waals surface area (Å²) in [5, 5.41) is 13.9. The van der Waals surface area contributed by atoms with Crippen LogP contribution in [0.4, 0.5) is 0 Å². The number of aromatic nitrogens is 4. The Morgan fingerprint density at radius 2 is 1.88 bits per heavy atom. The highest BCUT2D eigenvalue weighted by Crippen LogP contribution is 2.32. The number of nitrogens with zero attached hydrogens (tertiary/aromatic N) is 4. The van der Waals surface area contributed by atoms with Crippen LogP contribution in [-0.2, 0) is 27.1 Å². The third-order valence-corrected chi connectivity index (χ3v) is 6.22. The van der Waals surface area contributed by atoms with Crippen molar-refractivity contribution in [1.82, 2.24) is 19.3 Å². The number of nitrogens with two attached hydrogens (primary N) is 2. The molecule has 0 saturated carbocycles. The van der Waals surface area contributed by atoms with Gasteiger partial charge in [0.2, 0.25) is 20.0 Å². The summed E-state index contributed by atoms with van der Waals surface area (Å²) in [5.41, 5.74) is 1.08. The summed E-state index contributed by atoms with van der Waals surface area (Å²) in [7, 11) is -6.76. The fourth-order valence-corrected chi connectivity index (χ4v) is 5.54. The predicted molar refractivity (Wildman–Crippen MR) is 96.4 cm³/mol. The van der Waals surface area contributed by atoms with Crippen molar-refractivity contribution >= 4 is 31.1 Å². The van der Waals surface area contributed by atoms with Gasteiger partial charge in [-0.15, -0.1) is 0 Å². The molecule has 0 spiro atoms. The minimum atomic E-state index is -4.27. The van der Waals surface area contributed by atoms with Crippen molar-refractivity contribution < 1.29 is 16.8 Å². The van der Waals surface area contributed by atoms with E-state index in [4.69, 9.17) is 10.3 Å². The van der Waals surface area contributed by atoms with Crippen molar-refractivity contribution in [3.8, 4) is 5.82 Å². The lowest BCUT2D eigenvalue weighted by atomic mass is 10.2. The van der Waals surface area contributed by atoms with Crippen LogP contribution in [0.5, 0.6) is 0 Å².